The van der Waals surface area contributed by atoms with E-state index in [9.17, 15) is 14.0 Å². The zero-order valence-corrected chi connectivity index (χ0v) is 17.0. The van der Waals surface area contributed by atoms with Crippen molar-refractivity contribution in [1.29, 1.82) is 0 Å². The number of imide groups is 1. The van der Waals surface area contributed by atoms with E-state index in [2.05, 4.69) is 10.0 Å². The third-order valence-corrected chi connectivity index (χ3v) is 5.89. The molecule has 1 aromatic rings. The van der Waals surface area contributed by atoms with Gasteiger partial charge in [-0.25, -0.2) is 9.18 Å². The van der Waals surface area contributed by atoms with Crippen LogP contribution < -0.4 is 14.8 Å². The average Bonchev–Trinajstić information content (AvgIpc) is 3.42. The lowest BCUT2D eigenvalue weighted by atomic mass is 10.1. The Morgan fingerprint density at radius 2 is 2.11 bits per heavy atom. The molecule has 6 nitrogen and oxygen atoms in total. The smallest absolute Gasteiger partial charge is 0.324 e. The van der Waals surface area contributed by atoms with Gasteiger partial charge in [0.25, 0.3) is 0 Å². The number of ether oxygens (including phenoxy) is 1. The van der Waals surface area contributed by atoms with E-state index < -0.39 is 0 Å². The molecule has 2 N–H and O–H groups in total. The van der Waals surface area contributed by atoms with E-state index in [-0.39, 0.29) is 30.3 Å². The van der Waals surface area contributed by atoms with Crippen molar-refractivity contribution in [3.8, 4) is 5.75 Å². The number of hydrogen-bond donors (Lipinski definition) is 2. The molecular formula is C20H28FN3O3S. The zero-order valence-electron chi connectivity index (χ0n) is 16.2. The predicted molar refractivity (Wildman–Crippen MR) is 108 cm³/mol. The Hall–Kier alpha value is -1.80. The lowest BCUT2D eigenvalue weighted by Gasteiger charge is -2.16. The molecule has 3 rings (SSSR count). The van der Waals surface area contributed by atoms with Gasteiger partial charge in [-0.1, -0.05) is 18.4 Å². The lowest BCUT2D eigenvalue weighted by Crippen LogP contribution is -2.29. The fourth-order valence-corrected chi connectivity index (χ4v) is 3.84. The lowest BCUT2D eigenvalue weighted by molar-refractivity contribution is -0.118. The molecule has 0 radical (unpaired) electrons. The van der Waals surface area contributed by atoms with Crippen molar-refractivity contribution in [2.75, 3.05) is 25.4 Å². The van der Waals surface area contributed by atoms with Crippen molar-refractivity contribution in [3.05, 3.63) is 29.6 Å². The van der Waals surface area contributed by atoms with Gasteiger partial charge in [0.2, 0.25) is 5.91 Å². The molecule has 1 atom stereocenters. The highest BCUT2D eigenvalue weighted by Gasteiger charge is 2.25. The summed E-state index contributed by atoms with van der Waals surface area (Å²) in [7, 11) is 0. The second-order valence-electron chi connectivity index (χ2n) is 7.50. The first-order valence-corrected chi connectivity index (χ1v) is 10.9. The molecule has 8 heteroatoms. The van der Waals surface area contributed by atoms with Gasteiger partial charge >= 0.3 is 6.03 Å². The maximum absolute atomic E-state index is 13.9. The van der Waals surface area contributed by atoms with Crippen LogP contribution >= 0.6 is 11.9 Å². The highest BCUT2D eigenvalue weighted by molar-refractivity contribution is 7.97. The fourth-order valence-electron chi connectivity index (χ4n) is 2.99. The first kappa shape index (κ1) is 20.9. The van der Waals surface area contributed by atoms with E-state index in [4.69, 9.17) is 4.74 Å². The molecule has 1 saturated heterocycles. The second-order valence-corrected chi connectivity index (χ2v) is 8.43. The Morgan fingerprint density at radius 1 is 1.29 bits per heavy atom. The number of urea groups is 1. The van der Waals surface area contributed by atoms with Crippen LogP contribution in [0.25, 0.3) is 0 Å². The van der Waals surface area contributed by atoms with E-state index in [1.165, 1.54) is 18.9 Å². The molecule has 1 saturated carbocycles. The van der Waals surface area contributed by atoms with Crippen LogP contribution in [0.1, 0.15) is 50.6 Å². The Labute approximate surface area is 169 Å². The van der Waals surface area contributed by atoms with Crippen molar-refractivity contribution in [3.63, 3.8) is 0 Å². The Bertz CT molecular complexity index is 699. The second kappa shape index (κ2) is 10.1. The monoisotopic (exact) mass is 409 g/mol. The topological polar surface area (TPSA) is 70.7 Å². The Balaban J connectivity index is 1.30. The number of halogens is 1. The minimum absolute atomic E-state index is 0.0169. The molecule has 1 unspecified atom stereocenters. The van der Waals surface area contributed by atoms with Gasteiger partial charge in [-0.2, -0.15) is 0 Å². The molecule has 3 amide bonds. The summed E-state index contributed by atoms with van der Waals surface area (Å²) < 4.78 is 22.9. The standard InChI is InChI=1S/C20H28FN3O3S/c1-14(16-9-17(21)11-18(10-16)27-13-15-5-6-15)23-28-8-4-2-3-7-24-12-19(25)22-20(24)26/h9-11,14-15,23H,2-8,12-13H2,1H3,(H,22,25,26). The minimum atomic E-state index is -0.287. The normalized spacial score (nSPS) is 17.7. The van der Waals surface area contributed by atoms with Crippen LogP contribution in [0.2, 0.25) is 0 Å². The first-order valence-electron chi connectivity index (χ1n) is 9.90. The van der Waals surface area contributed by atoms with Crippen LogP contribution in [-0.2, 0) is 4.79 Å². The summed E-state index contributed by atoms with van der Waals surface area (Å²) in [6, 6.07) is 4.63. The highest BCUT2D eigenvalue weighted by atomic mass is 32.2. The van der Waals surface area contributed by atoms with Gasteiger partial charge < -0.3 is 9.64 Å². The molecule has 1 heterocycles. The van der Waals surface area contributed by atoms with E-state index in [0.717, 1.165) is 30.6 Å². The SMILES string of the molecule is CC(NSCCCCCN1CC(=O)NC1=O)c1cc(F)cc(OCC2CC2)c1. The number of carbonyl (C=O) groups excluding carboxylic acids is 2. The third kappa shape index (κ3) is 6.67. The summed E-state index contributed by atoms with van der Waals surface area (Å²) in [5.74, 6) is 1.67. The number of carbonyl (C=O) groups is 2. The molecule has 1 aliphatic heterocycles. The predicted octanol–water partition coefficient (Wildman–Crippen LogP) is 3.64. The van der Waals surface area contributed by atoms with Crippen molar-refractivity contribution in [2.24, 2.45) is 5.92 Å². The van der Waals surface area contributed by atoms with Gasteiger partial charge in [0, 0.05) is 24.4 Å². The Morgan fingerprint density at radius 3 is 2.82 bits per heavy atom. The number of nitrogens with zero attached hydrogens (tertiary/aromatic N) is 1. The fraction of sp³-hybridized carbons (Fsp3) is 0.600. The van der Waals surface area contributed by atoms with Crippen molar-refractivity contribution >= 4 is 23.9 Å². The number of nitrogens with one attached hydrogen (secondary N) is 2. The number of unbranched alkanes of at least 4 members (excludes halogenated alkanes) is 2. The van der Waals surface area contributed by atoms with Gasteiger partial charge in [-0.15, -0.1) is 0 Å². The van der Waals surface area contributed by atoms with Crippen LogP contribution in [-0.4, -0.2) is 42.3 Å². The summed E-state index contributed by atoms with van der Waals surface area (Å²) in [6.07, 6.45) is 5.29. The highest BCUT2D eigenvalue weighted by Crippen LogP contribution is 2.30. The van der Waals surface area contributed by atoms with Crippen LogP contribution in [0.4, 0.5) is 9.18 Å². The van der Waals surface area contributed by atoms with Crippen LogP contribution in [0.15, 0.2) is 18.2 Å². The number of rotatable bonds is 12. The summed E-state index contributed by atoms with van der Waals surface area (Å²) in [6.45, 7) is 3.47. The molecule has 0 spiro atoms. The van der Waals surface area contributed by atoms with Crippen LogP contribution in [0.5, 0.6) is 5.75 Å². The molecule has 1 aromatic carbocycles. The zero-order chi connectivity index (χ0) is 19.9. The van der Waals surface area contributed by atoms with Gasteiger partial charge in [-0.05, 0) is 56.2 Å². The van der Waals surface area contributed by atoms with E-state index >= 15 is 0 Å². The number of benzene rings is 1. The third-order valence-electron chi connectivity index (χ3n) is 4.88. The van der Waals surface area contributed by atoms with Gasteiger partial charge in [-0.3, -0.25) is 14.8 Å². The summed E-state index contributed by atoms with van der Waals surface area (Å²) in [5, 5.41) is 2.28. The molecular weight excluding hydrogens is 381 g/mol. The molecule has 154 valence electrons. The average molecular weight is 410 g/mol. The van der Waals surface area contributed by atoms with Crippen molar-refractivity contribution in [2.45, 2.75) is 45.1 Å². The van der Waals surface area contributed by atoms with Crippen LogP contribution in [0, 0.1) is 11.7 Å². The van der Waals surface area contributed by atoms with Gasteiger partial charge in [0.05, 0.1) is 6.61 Å². The molecule has 2 fully saturated rings. The maximum Gasteiger partial charge on any atom is 0.324 e. The summed E-state index contributed by atoms with van der Waals surface area (Å²) in [5.41, 5.74) is 0.878. The Kier molecular flexibility index (Phi) is 7.56. The van der Waals surface area contributed by atoms with Crippen molar-refractivity contribution in [1.82, 2.24) is 14.9 Å². The summed E-state index contributed by atoms with van der Waals surface area (Å²) in [4.78, 5) is 24.1. The minimum Gasteiger partial charge on any atom is -0.493 e. The first-order chi connectivity index (χ1) is 13.5. The maximum atomic E-state index is 13.9. The molecule has 1 aliphatic carbocycles. The molecule has 0 bridgehead atoms. The molecule has 2 aliphatic rings. The van der Waals surface area contributed by atoms with E-state index in [1.807, 2.05) is 13.0 Å². The largest absolute Gasteiger partial charge is 0.493 e. The van der Waals surface area contributed by atoms with E-state index in [0.29, 0.717) is 24.8 Å². The molecule has 28 heavy (non-hydrogen) atoms. The number of hydrogen-bond acceptors (Lipinski definition) is 5. The van der Waals surface area contributed by atoms with Crippen molar-refractivity contribution < 1.29 is 18.7 Å². The van der Waals surface area contributed by atoms with Gasteiger partial charge in [0.1, 0.15) is 18.1 Å². The number of amides is 3. The van der Waals surface area contributed by atoms with Crippen LogP contribution in [0.3, 0.4) is 0 Å². The van der Waals surface area contributed by atoms with Gasteiger partial charge in [0.15, 0.2) is 0 Å². The molecule has 0 aromatic heterocycles. The quantitative estimate of drug-likeness (QED) is 0.313. The van der Waals surface area contributed by atoms with E-state index in [1.54, 1.807) is 22.9 Å². The summed E-state index contributed by atoms with van der Waals surface area (Å²) >= 11 is 1.62.